The van der Waals surface area contributed by atoms with Gasteiger partial charge in [0.1, 0.15) is 10.8 Å². The molecule has 0 aliphatic carbocycles. The Balaban J connectivity index is 2.15. The van der Waals surface area contributed by atoms with Crippen LogP contribution in [-0.4, -0.2) is 30.8 Å². The molecule has 2 aromatic rings. The molecule has 2 rings (SSSR count). The number of esters is 1. The summed E-state index contributed by atoms with van der Waals surface area (Å²) >= 11 is 1.04. The van der Waals surface area contributed by atoms with Gasteiger partial charge in [0.15, 0.2) is 5.78 Å². The predicted octanol–water partition coefficient (Wildman–Crippen LogP) is 3.63. The second kappa shape index (κ2) is 8.57. The highest BCUT2D eigenvalue weighted by molar-refractivity contribution is 7.18. The molecule has 6 nitrogen and oxygen atoms in total. The van der Waals surface area contributed by atoms with Gasteiger partial charge >= 0.3 is 5.97 Å². The van der Waals surface area contributed by atoms with Gasteiger partial charge in [-0.1, -0.05) is 0 Å². The van der Waals surface area contributed by atoms with Crippen molar-refractivity contribution in [2.24, 2.45) is 0 Å². The summed E-state index contributed by atoms with van der Waals surface area (Å²) in [6.07, 6.45) is 0. The van der Waals surface area contributed by atoms with Crippen LogP contribution < -0.4 is 10.6 Å². The first-order chi connectivity index (χ1) is 12.3. The van der Waals surface area contributed by atoms with Gasteiger partial charge in [-0.2, -0.15) is 0 Å². The maximum atomic E-state index is 12.9. The van der Waals surface area contributed by atoms with Crippen LogP contribution in [0.4, 0.5) is 15.1 Å². The summed E-state index contributed by atoms with van der Waals surface area (Å²) < 4.78 is 17.9. The SMILES string of the molecule is CCOC(=O)c1c(NC(=O)CNc2ccc(F)cc2)sc(C(C)=O)c1C. The summed E-state index contributed by atoms with van der Waals surface area (Å²) in [6, 6.07) is 5.58. The van der Waals surface area contributed by atoms with Gasteiger partial charge in [-0.05, 0) is 50.6 Å². The van der Waals surface area contributed by atoms with E-state index in [1.54, 1.807) is 13.8 Å². The highest BCUT2D eigenvalue weighted by atomic mass is 32.1. The van der Waals surface area contributed by atoms with Crippen LogP contribution in [0.5, 0.6) is 0 Å². The molecule has 0 fully saturated rings. The van der Waals surface area contributed by atoms with Gasteiger partial charge in [0.25, 0.3) is 0 Å². The fourth-order valence-corrected chi connectivity index (χ4v) is 3.41. The third-order valence-electron chi connectivity index (χ3n) is 3.50. The van der Waals surface area contributed by atoms with E-state index in [1.807, 2.05) is 0 Å². The summed E-state index contributed by atoms with van der Waals surface area (Å²) in [7, 11) is 0. The lowest BCUT2D eigenvalue weighted by Gasteiger charge is -2.08. The Kier molecular flexibility index (Phi) is 6.46. The monoisotopic (exact) mass is 378 g/mol. The summed E-state index contributed by atoms with van der Waals surface area (Å²) in [5.41, 5.74) is 1.26. The number of carbonyl (C=O) groups excluding carboxylic acids is 3. The van der Waals surface area contributed by atoms with Gasteiger partial charge in [0.2, 0.25) is 5.91 Å². The molecule has 2 N–H and O–H groups in total. The fourth-order valence-electron chi connectivity index (χ4n) is 2.31. The summed E-state index contributed by atoms with van der Waals surface area (Å²) in [6.45, 7) is 4.82. The molecule has 138 valence electrons. The Morgan fingerprint density at radius 3 is 2.42 bits per heavy atom. The number of Topliss-reactive ketones (excluding diaryl/α,β-unsaturated/α-hetero) is 1. The van der Waals surface area contributed by atoms with Crippen LogP contribution >= 0.6 is 11.3 Å². The van der Waals surface area contributed by atoms with Crippen LogP contribution in [0.15, 0.2) is 24.3 Å². The van der Waals surface area contributed by atoms with Crippen molar-refractivity contribution in [3.05, 3.63) is 46.1 Å². The largest absolute Gasteiger partial charge is 0.462 e. The van der Waals surface area contributed by atoms with Gasteiger partial charge in [-0.25, -0.2) is 9.18 Å². The minimum atomic E-state index is -0.587. The highest BCUT2D eigenvalue weighted by Gasteiger charge is 2.25. The molecular formula is C18H19FN2O4S. The Bertz CT molecular complexity index is 830. The Morgan fingerprint density at radius 1 is 1.19 bits per heavy atom. The topological polar surface area (TPSA) is 84.5 Å². The number of hydrogen-bond acceptors (Lipinski definition) is 6. The van der Waals surface area contributed by atoms with E-state index in [-0.39, 0.29) is 35.3 Å². The molecule has 1 aromatic heterocycles. The molecule has 0 aliphatic heterocycles. The van der Waals surface area contributed by atoms with Crippen molar-refractivity contribution in [2.45, 2.75) is 20.8 Å². The van der Waals surface area contributed by atoms with E-state index >= 15 is 0 Å². The molecule has 0 bridgehead atoms. The third kappa shape index (κ3) is 4.66. The minimum Gasteiger partial charge on any atom is -0.462 e. The third-order valence-corrected chi connectivity index (χ3v) is 4.80. The molecular weight excluding hydrogens is 359 g/mol. The first kappa shape index (κ1) is 19.6. The lowest BCUT2D eigenvalue weighted by molar-refractivity contribution is -0.114. The number of amides is 1. The van der Waals surface area contributed by atoms with Gasteiger partial charge < -0.3 is 15.4 Å². The van der Waals surface area contributed by atoms with Crippen LogP contribution in [-0.2, 0) is 9.53 Å². The summed E-state index contributed by atoms with van der Waals surface area (Å²) in [5, 5.41) is 5.77. The van der Waals surface area contributed by atoms with E-state index in [9.17, 15) is 18.8 Å². The average Bonchev–Trinajstić information content (AvgIpc) is 2.91. The number of anilines is 2. The summed E-state index contributed by atoms with van der Waals surface area (Å²) in [5.74, 6) is -1.56. The van der Waals surface area contributed by atoms with E-state index in [1.165, 1.54) is 31.2 Å². The van der Waals surface area contributed by atoms with Crippen molar-refractivity contribution < 1.29 is 23.5 Å². The number of thiophene rings is 1. The molecule has 0 saturated heterocycles. The standard InChI is InChI=1S/C18H19FN2O4S/c1-4-25-18(24)15-10(2)16(11(3)22)26-17(15)21-14(23)9-20-13-7-5-12(19)6-8-13/h5-8,20H,4,9H2,1-3H3,(H,21,23). The second-order valence-corrected chi connectivity index (χ2v) is 6.47. The number of rotatable bonds is 7. The van der Waals surface area contributed by atoms with Crippen molar-refractivity contribution >= 4 is 39.7 Å². The van der Waals surface area contributed by atoms with Crippen LogP contribution in [0.1, 0.15) is 39.4 Å². The van der Waals surface area contributed by atoms with Crippen LogP contribution in [0.25, 0.3) is 0 Å². The quantitative estimate of drug-likeness (QED) is 0.568. The molecule has 26 heavy (non-hydrogen) atoms. The van der Waals surface area contributed by atoms with Gasteiger partial charge in [0, 0.05) is 5.69 Å². The Hall–Kier alpha value is -2.74. The van der Waals surface area contributed by atoms with E-state index in [2.05, 4.69) is 10.6 Å². The van der Waals surface area contributed by atoms with Crippen LogP contribution in [0.3, 0.4) is 0 Å². The molecule has 8 heteroatoms. The first-order valence-electron chi connectivity index (χ1n) is 7.94. The average molecular weight is 378 g/mol. The summed E-state index contributed by atoms with van der Waals surface area (Å²) in [4.78, 5) is 36.5. The van der Waals surface area contributed by atoms with Crippen LogP contribution in [0.2, 0.25) is 0 Å². The Morgan fingerprint density at radius 2 is 1.85 bits per heavy atom. The molecule has 0 aliphatic rings. The second-order valence-electron chi connectivity index (χ2n) is 5.45. The highest BCUT2D eigenvalue weighted by Crippen LogP contribution is 2.34. The van der Waals surface area contributed by atoms with Gasteiger partial charge in [-0.3, -0.25) is 9.59 Å². The molecule has 0 radical (unpaired) electrons. The van der Waals surface area contributed by atoms with Gasteiger partial charge in [-0.15, -0.1) is 11.3 Å². The molecule has 0 spiro atoms. The normalized spacial score (nSPS) is 10.3. The van der Waals surface area contributed by atoms with E-state index in [0.717, 1.165) is 11.3 Å². The van der Waals surface area contributed by atoms with E-state index in [4.69, 9.17) is 4.74 Å². The van der Waals surface area contributed by atoms with E-state index < -0.39 is 11.9 Å². The molecule has 0 unspecified atom stereocenters. The Labute approximate surface area is 154 Å². The zero-order valence-electron chi connectivity index (χ0n) is 14.6. The fraction of sp³-hybridized carbons (Fsp3) is 0.278. The van der Waals surface area contributed by atoms with Crippen LogP contribution in [0, 0.1) is 12.7 Å². The van der Waals surface area contributed by atoms with Crippen molar-refractivity contribution in [1.29, 1.82) is 0 Å². The number of ketones is 1. The zero-order chi connectivity index (χ0) is 19.3. The maximum absolute atomic E-state index is 12.9. The van der Waals surface area contributed by atoms with Crippen molar-refractivity contribution in [2.75, 3.05) is 23.8 Å². The molecule has 1 aromatic carbocycles. The number of halogens is 1. The smallest absolute Gasteiger partial charge is 0.341 e. The number of benzene rings is 1. The number of hydrogen-bond donors (Lipinski definition) is 2. The van der Waals surface area contributed by atoms with E-state index in [0.29, 0.717) is 16.1 Å². The minimum absolute atomic E-state index is 0.0831. The lowest BCUT2D eigenvalue weighted by Crippen LogP contribution is -2.22. The van der Waals surface area contributed by atoms with Crippen molar-refractivity contribution in [3.63, 3.8) is 0 Å². The lowest BCUT2D eigenvalue weighted by atomic mass is 10.1. The van der Waals surface area contributed by atoms with Gasteiger partial charge in [0.05, 0.1) is 23.6 Å². The van der Waals surface area contributed by atoms with Crippen molar-refractivity contribution in [1.82, 2.24) is 0 Å². The molecule has 0 atom stereocenters. The molecule has 1 heterocycles. The number of carbonyl (C=O) groups is 3. The molecule has 0 saturated carbocycles. The first-order valence-corrected chi connectivity index (χ1v) is 8.75. The molecule has 1 amide bonds. The number of ether oxygens (including phenoxy) is 1. The van der Waals surface area contributed by atoms with Crippen molar-refractivity contribution in [3.8, 4) is 0 Å². The number of nitrogens with one attached hydrogen (secondary N) is 2. The predicted molar refractivity (Wildman–Crippen MR) is 98.5 cm³/mol. The maximum Gasteiger partial charge on any atom is 0.341 e. The zero-order valence-corrected chi connectivity index (χ0v) is 15.5.